The molecule has 3 heterocycles. The number of imide groups is 3. The Bertz CT molecular complexity index is 885. The molecule has 0 radical (unpaired) electrons. The highest BCUT2D eigenvalue weighted by atomic mass is 16.5. The monoisotopic (exact) mass is 342 g/mol. The van der Waals surface area contributed by atoms with Gasteiger partial charge in [0.2, 0.25) is 18.0 Å². The first-order valence-electron chi connectivity index (χ1n) is 7.23. The second-order valence-electron chi connectivity index (χ2n) is 5.49. The lowest BCUT2D eigenvalue weighted by Crippen LogP contribution is -2.60. The summed E-state index contributed by atoms with van der Waals surface area (Å²) in [6.07, 6.45) is -1.15. The summed E-state index contributed by atoms with van der Waals surface area (Å²) in [5, 5.41) is 8.48. The summed E-state index contributed by atoms with van der Waals surface area (Å²) in [6.45, 7) is 0. The Morgan fingerprint density at radius 3 is 2.20 bits per heavy atom. The minimum atomic E-state index is -1.44. The third kappa shape index (κ3) is 2.23. The minimum absolute atomic E-state index is 0.0667. The van der Waals surface area contributed by atoms with Crippen molar-refractivity contribution in [3.8, 4) is 5.75 Å². The Hall–Kier alpha value is -3.69. The van der Waals surface area contributed by atoms with Crippen LogP contribution in [0.5, 0.6) is 5.75 Å². The van der Waals surface area contributed by atoms with E-state index in [2.05, 4.69) is 10.6 Å². The fraction of sp³-hybridized carbons (Fsp3) is 0.133. The van der Waals surface area contributed by atoms with Gasteiger partial charge in [0.15, 0.2) is 0 Å². The number of fused-ring (bicyclic) bond motifs is 2. The largest absolute Gasteiger partial charge is 0.465 e. The molecule has 1 aromatic carbocycles. The van der Waals surface area contributed by atoms with Gasteiger partial charge in [-0.3, -0.25) is 35.7 Å². The number of urea groups is 2. The molecule has 10 nitrogen and oxygen atoms in total. The van der Waals surface area contributed by atoms with Crippen molar-refractivity contribution in [1.29, 1.82) is 0 Å². The summed E-state index contributed by atoms with van der Waals surface area (Å²) in [5.74, 6) is -3.66. The molecule has 1 atom stereocenters. The molecule has 3 aliphatic rings. The van der Waals surface area contributed by atoms with Crippen LogP contribution < -0.4 is 26.0 Å². The Morgan fingerprint density at radius 1 is 0.800 bits per heavy atom. The maximum atomic E-state index is 12.3. The van der Waals surface area contributed by atoms with E-state index in [0.717, 1.165) is 0 Å². The van der Waals surface area contributed by atoms with Crippen LogP contribution in [0.1, 0.15) is 5.56 Å². The van der Waals surface area contributed by atoms with Crippen molar-refractivity contribution >= 4 is 35.4 Å². The number of amides is 7. The molecule has 0 spiro atoms. The molecule has 0 aromatic heterocycles. The average Bonchev–Trinajstić information content (AvgIpc) is 2.52. The van der Waals surface area contributed by atoms with Crippen LogP contribution in [0.2, 0.25) is 0 Å². The minimum Gasteiger partial charge on any atom is -0.465 e. The summed E-state index contributed by atoms with van der Waals surface area (Å²) in [7, 11) is 0. The van der Waals surface area contributed by atoms with Crippen LogP contribution in [0.4, 0.5) is 9.59 Å². The van der Waals surface area contributed by atoms with E-state index < -0.39 is 41.9 Å². The van der Waals surface area contributed by atoms with E-state index >= 15 is 0 Å². The summed E-state index contributed by atoms with van der Waals surface area (Å²) in [4.78, 5) is 59.8. The summed E-state index contributed by atoms with van der Waals surface area (Å²) in [6, 6.07) is 4.77. The van der Waals surface area contributed by atoms with Crippen molar-refractivity contribution in [2.24, 2.45) is 5.92 Å². The lowest BCUT2D eigenvalue weighted by molar-refractivity contribution is -0.133. The van der Waals surface area contributed by atoms with Gasteiger partial charge in [-0.15, -0.1) is 0 Å². The van der Waals surface area contributed by atoms with Crippen molar-refractivity contribution in [2.75, 3.05) is 0 Å². The van der Waals surface area contributed by atoms with Gasteiger partial charge < -0.3 is 4.74 Å². The zero-order valence-electron chi connectivity index (χ0n) is 12.4. The SMILES string of the molecule is O=C1NC(=O)C(C2=C3C(=O)NC(=O)N[C@@H]3Oc3ccccc32)C(=O)N1. The summed E-state index contributed by atoms with van der Waals surface area (Å²) >= 11 is 0. The molecular weight excluding hydrogens is 332 g/mol. The zero-order chi connectivity index (χ0) is 17.7. The third-order valence-corrected chi connectivity index (χ3v) is 3.99. The Kier molecular flexibility index (Phi) is 3.07. The van der Waals surface area contributed by atoms with Crippen molar-refractivity contribution < 1.29 is 28.7 Å². The number of carbonyl (C=O) groups is 5. The molecule has 3 aliphatic heterocycles. The number of rotatable bonds is 1. The molecule has 0 aliphatic carbocycles. The molecule has 126 valence electrons. The number of para-hydroxylation sites is 1. The van der Waals surface area contributed by atoms with E-state index in [-0.39, 0.29) is 11.1 Å². The van der Waals surface area contributed by atoms with E-state index in [1.165, 1.54) is 0 Å². The predicted octanol–water partition coefficient (Wildman–Crippen LogP) is -1.02. The maximum Gasteiger partial charge on any atom is 0.328 e. The lowest BCUT2D eigenvalue weighted by Gasteiger charge is -2.36. The molecule has 7 amide bonds. The average molecular weight is 342 g/mol. The molecule has 0 unspecified atom stereocenters. The second-order valence-corrected chi connectivity index (χ2v) is 5.49. The van der Waals surface area contributed by atoms with E-state index in [0.29, 0.717) is 11.3 Å². The molecular formula is C15H10N4O6. The molecule has 0 bridgehead atoms. The normalized spacial score (nSPS) is 22.9. The molecule has 0 saturated carbocycles. The van der Waals surface area contributed by atoms with Crippen LogP contribution >= 0.6 is 0 Å². The van der Waals surface area contributed by atoms with Gasteiger partial charge in [0, 0.05) is 5.56 Å². The number of barbiturate groups is 1. The van der Waals surface area contributed by atoms with Crippen molar-refractivity contribution in [3.05, 3.63) is 35.4 Å². The smallest absolute Gasteiger partial charge is 0.328 e. The highest BCUT2D eigenvalue weighted by molar-refractivity contribution is 6.25. The van der Waals surface area contributed by atoms with Crippen LogP contribution in [-0.2, 0) is 14.4 Å². The Morgan fingerprint density at radius 2 is 1.48 bits per heavy atom. The molecule has 4 rings (SSSR count). The van der Waals surface area contributed by atoms with Crippen molar-refractivity contribution in [1.82, 2.24) is 21.3 Å². The van der Waals surface area contributed by atoms with Gasteiger partial charge in [0.25, 0.3) is 5.91 Å². The molecule has 2 saturated heterocycles. The number of ether oxygens (including phenoxy) is 1. The predicted molar refractivity (Wildman–Crippen MR) is 79.6 cm³/mol. The van der Waals surface area contributed by atoms with Crippen LogP contribution in [0.15, 0.2) is 29.8 Å². The van der Waals surface area contributed by atoms with Gasteiger partial charge in [0.1, 0.15) is 11.7 Å². The van der Waals surface area contributed by atoms with E-state index in [1.807, 2.05) is 10.6 Å². The molecule has 25 heavy (non-hydrogen) atoms. The number of carbonyl (C=O) groups excluding carboxylic acids is 5. The van der Waals surface area contributed by atoms with Gasteiger partial charge in [-0.1, -0.05) is 18.2 Å². The fourth-order valence-electron chi connectivity index (χ4n) is 3.02. The lowest BCUT2D eigenvalue weighted by atomic mass is 9.83. The fourth-order valence-corrected chi connectivity index (χ4v) is 3.02. The summed E-state index contributed by atoms with van der Waals surface area (Å²) < 4.78 is 5.61. The van der Waals surface area contributed by atoms with Crippen LogP contribution in [0.3, 0.4) is 0 Å². The quantitative estimate of drug-likeness (QED) is 0.481. The number of nitrogens with one attached hydrogen (secondary N) is 4. The van der Waals surface area contributed by atoms with Crippen molar-refractivity contribution in [3.63, 3.8) is 0 Å². The first kappa shape index (κ1) is 14.9. The Balaban J connectivity index is 1.94. The van der Waals surface area contributed by atoms with Crippen LogP contribution in [0.25, 0.3) is 5.57 Å². The first-order valence-corrected chi connectivity index (χ1v) is 7.23. The number of hydrogen-bond donors (Lipinski definition) is 4. The van der Waals surface area contributed by atoms with Crippen molar-refractivity contribution in [2.45, 2.75) is 6.23 Å². The molecule has 4 N–H and O–H groups in total. The number of hydrogen-bond acceptors (Lipinski definition) is 6. The topological polar surface area (TPSA) is 143 Å². The van der Waals surface area contributed by atoms with E-state index in [9.17, 15) is 24.0 Å². The van der Waals surface area contributed by atoms with Gasteiger partial charge in [-0.05, 0) is 11.6 Å². The Labute approximate surface area is 139 Å². The second kappa shape index (κ2) is 5.16. The highest BCUT2D eigenvalue weighted by Gasteiger charge is 2.46. The van der Waals surface area contributed by atoms with Gasteiger partial charge in [0.05, 0.1) is 5.57 Å². The molecule has 1 aromatic rings. The molecule has 10 heteroatoms. The van der Waals surface area contributed by atoms with Gasteiger partial charge in [-0.25, -0.2) is 9.59 Å². The highest BCUT2D eigenvalue weighted by Crippen LogP contribution is 2.40. The van der Waals surface area contributed by atoms with E-state index in [4.69, 9.17) is 4.74 Å². The van der Waals surface area contributed by atoms with Gasteiger partial charge >= 0.3 is 12.1 Å². The molecule has 2 fully saturated rings. The third-order valence-electron chi connectivity index (χ3n) is 3.99. The summed E-state index contributed by atoms with van der Waals surface area (Å²) in [5.41, 5.74) is 0.361. The van der Waals surface area contributed by atoms with Gasteiger partial charge in [-0.2, -0.15) is 0 Å². The van der Waals surface area contributed by atoms with Crippen LogP contribution in [0, 0.1) is 5.92 Å². The standard InChI is InChI=1S/C15H10N4O6/c20-10-8(11(21)17-14(23)16-10)7-5-3-1-2-4-6(5)25-13-9(7)12(22)18-15(24)19-13/h1-4,8,13H,(H2,18,19,22,24)(H2,16,17,20,21,23)/t13-/m1/s1. The van der Waals surface area contributed by atoms with Crippen LogP contribution in [-0.4, -0.2) is 36.0 Å². The van der Waals surface area contributed by atoms with E-state index in [1.54, 1.807) is 24.3 Å². The first-order chi connectivity index (χ1) is 12.0. The zero-order valence-corrected chi connectivity index (χ0v) is 12.4. The number of benzene rings is 1. The maximum absolute atomic E-state index is 12.3.